The first-order valence-corrected chi connectivity index (χ1v) is 8.30. The van der Waals surface area contributed by atoms with Crippen LogP contribution in [0.15, 0.2) is 24.3 Å². The van der Waals surface area contributed by atoms with Crippen molar-refractivity contribution in [1.29, 1.82) is 0 Å². The first-order chi connectivity index (χ1) is 11.2. The van der Waals surface area contributed by atoms with Crippen molar-refractivity contribution < 1.29 is 13.9 Å². The van der Waals surface area contributed by atoms with Gasteiger partial charge in [0, 0.05) is 45.8 Å². The Labute approximate surface area is 160 Å². The molecule has 1 aromatic rings. The molecule has 0 aromatic heterocycles. The molecule has 5 nitrogen and oxygen atoms in total. The van der Waals surface area contributed by atoms with Gasteiger partial charge in [-0.2, -0.15) is 0 Å². The Morgan fingerprint density at radius 3 is 2.60 bits per heavy atom. The largest absolute Gasteiger partial charge is 0.366 e. The summed E-state index contributed by atoms with van der Waals surface area (Å²) >= 11 is 0. The molecule has 0 bridgehead atoms. The van der Waals surface area contributed by atoms with Crippen LogP contribution in [0.2, 0.25) is 0 Å². The van der Waals surface area contributed by atoms with Crippen LogP contribution in [0.4, 0.5) is 4.39 Å². The monoisotopic (exact) mass is 393 g/mol. The van der Waals surface area contributed by atoms with E-state index in [2.05, 4.69) is 10.2 Å². The van der Waals surface area contributed by atoms with E-state index in [1.807, 2.05) is 17.0 Å². The van der Waals surface area contributed by atoms with Crippen LogP contribution in [0, 0.1) is 5.82 Å². The van der Waals surface area contributed by atoms with Gasteiger partial charge in [0.25, 0.3) is 5.91 Å². The molecule has 1 amide bonds. The highest BCUT2D eigenvalue weighted by molar-refractivity contribution is 5.85. The highest BCUT2D eigenvalue weighted by Crippen LogP contribution is 2.12. The fraction of sp³-hybridized carbons (Fsp3) is 0.588. The van der Waals surface area contributed by atoms with Crippen molar-refractivity contribution in [3.63, 3.8) is 0 Å². The van der Waals surface area contributed by atoms with Gasteiger partial charge in [-0.1, -0.05) is 12.1 Å². The van der Waals surface area contributed by atoms with E-state index in [4.69, 9.17) is 4.74 Å². The van der Waals surface area contributed by atoms with Crippen LogP contribution in [0.5, 0.6) is 0 Å². The molecular formula is C17H26Cl2FN3O2. The topological polar surface area (TPSA) is 44.8 Å². The van der Waals surface area contributed by atoms with E-state index in [1.54, 1.807) is 0 Å². The normalized spacial score (nSPS) is 21.6. The maximum atomic E-state index is 13.0. The summed E-state index contributed by atoms with van der Waals surface area (Å²) in [6.07, 6.45) is 0.611. The van der Waals surface area contributed by atoms with E-state index >= 15 is 0 Å². The molecule has 1 N–H and O–H groups in total. The number of halogens is 3. The summed E-state index contributed by atoms with van der Waals surface area (Å²) in [6, 6.07) is 6.64. The van der Waals surface area contributed by atoms with Crippen molar-refractivity contribution in [2.45, 2.75) is 19.1 Å². The van der Waals surface area contributed by atoms with Crippen molar-refractivity contribution in [3.05, 3.63) is 35.6 Å². The van der Waals surface area contributed by atoms with Gasteiger partial charge in [0.05, 0.1) is 6.61 Å². The average Bonchev–Trinajstić information content (AvgIpc) is 2.83. The summed E-state index contributed by atoms with van der Waals surface area (Å²) in [5.74, 6) is -0.108. The Morgan fingerprint density at radius 1 is 1.16 bits per heavy atom. The van der Waals surface area contributed by atoms with Crippen molar-refractivity contribution in [2.24, 2.45) is 0 Å². The zero-order chi connectivity index (χ0) is 16.1. The number of benzene rings is 1. The van der Waals surface area contributed by atoms with Crippen molar-refractivity contribution in [3.8, 4) is 0 Å². The Bertz CT molecular complexity index is 527. The summed E-state index contributed by atoms with van der Waals surface area (Å²) in [6.45, 7) is 6.10. The summed E-state index contributed by atoms with van der Waals surface area (Å²) in [4.78, 5) is 16.7. The number of hydrogen-bond acceptors (Lipinski definition) is 4. The fourth-order valence-corrected chi connectivity index (χ4v) is 3.13. The Morgan fingerprint density at radius 2 is 1.92 bits per heavy atom. The zero-order valence-electron chi connectivity index (χ0n) is 14.2. The highest BCUT2D eigenvalue weighted by Gasteiger charge is 2.28. The molecular weight excluding hydrogens is 368 g/mol. The lowest BCUT2D eigenvalue weighted by Gasteiger charge is -2.29. The Kier molecular flexibility index (Phi) is 9.67. The van der Waals surface area contributed by atoms with Gasteiger partial charge < -0.3 is 15.0 Å². The number of hydrogen-bond donors (Lipinski definition) is 1. The van der Waals surface area contributed by atoms with Gasteiger partial charge in [0.15, 0.2) is 0 Å². The van der Waals surface area contributed by atoms with Gasteiger partial charge in [0.2, 0.25) is 0 Å². The molecule has 1 unspecified atom stereocenters. The minimum absolute atomic E-state index is 0. The van der Waals surface area contributed by atoms with Gasteiger partial charge in [-0.15, -0.1) is 24.8 Å². The Balaban J connectivity index is 0.00000156. The van der Waals surface area contributed by atoms with Gasteiger partial charge in [-0.05, 0) is 24.1 Å². The van der Waals surface area contributed by atoms with Crippen LogP contribution >= 0.6 is 24.8 Å². The zero-order valence-corrected chi connectivity index (χ0v) is 15.8. The number of nitrogens with zero attached hydrogens (tertiary/aromatic N) is 2. The molecule has 2 saturated heterocycles. The van der Waals surface area contributed by atoms with E-state index in [0.717, 1.165) is 51.3 Å². The minimum Gasteiger partial charge on any atom is -0.366 e. The maximum Gasteiger partial charge on any atom is 0.253 e. The van der Waals surface area contributed by atoms with Crippen molar-refractivity contribution in [2.75, 3.05) is 45.9 Å². The van der Waals surface area contributed by atoms with E-state index in [9.17, 15) is 9.18 Å². The summed E-state index contributed by atoms with van der Waals surface area (Å²) < 4.78 is 18.5. The molecule has 2 aliphatic heterocycles. The molecule has 0 radical (unpaired) electrons. The first-order valence-electron chi connectivity index (χ1n) is 8.30. The van der Waals surface area contributed by atoms with Crippen molar-refractivity contribution in [1.82, 2.24) is 15.1 Å². The number of morpholine rings is 1. The second-order valence-corrected chi connectivity index (χ2v) is 6.15. The van der Waals surface area contributed by atoms with E-state index < -0.39 is 0 Å². The number of carbonyl (C=O) groups is 1. The lowest BCUT2D eigenvalue weighted by molar-refractivity contribution is -0.145. The van der Waals surface area contributed by atoms with E-state index in [-0.39, 0.29) is 42.6 Å². The third kappa shape index (κ3) is 6.38. The molecule has 1 atom stereocenters. The van der Waals surface area contributed by atoms with Crippen LogP contribution in [0.1, 0.15) is 12.0 Å². The fourth-order valence-electron chi connectivity index (χ4n) is 3.13. The lowest BCUT2D eigenvalue weighted by atomic mass is 10.2. The molecule has 0 aliphatic carbocycles. The summed E-state index contributed by atoms with van der Waals surface area (Å²) in [7, 11) is 0. The predicted octanol–water partition coefficient (Wildman–Crippen LogP) is 1.69. The number of nitrogens with one attached hydrogen (secondary N) is 1. The number of ether oxygens (including phenoxy) is 1. The van der Waals surface area contributed by atoms with Gasteiger partial charge in [-0.25, -0.2) is 4.39 Å². The molecule has 142 valence electrons. The van der Waals surface area contributed by atoms with Gasteiger partial charge >= 0.3 is 0 Å². The minimum atomic E-state index is -0.340. The van der Waals surface area contributed by atoms with Crippen LogP contribution in [-0.4, -0.2) is 67.7 Å². The van der Waals surface area contributed by atoms with Gasteiger partial charge in [-0.3, -0.25) is 9.69 Å². The second kappa shape index (κ2) is 10.9. The van der Waals surface area contributed by atoms with Crippen molar-refractivity contribution >= 4 is 30.7 Å². The third-order valence-electron chi connectivity index (χ3n) is 4.42. The predicted molar refractivity (Wildman–Crippen MR) is 100.0 cm³/mol. The maximum absolute atomic E-state index is 13.0. The molecule has 1 aromatic carbocycles. The van der Waals surface area contributed by atoms with Crippen LogP contribution in [-0.2, 0) is 16.1 Å². The third-order valence-corrected chi connectivity index (χ3v) is 4.42. The lowest BCUT2D eigenvalue weighted by Crippen LogP contribution is -2.50. The molecule has 8 heteroatoms. The Hall–Kier alpha value is -0.920. The molecule has 0 spiro atoms. The standard InChI is InChI=1S/C17H24FN3O2.2ClH/c18-15-4-2-14(3-5-15)13-20-7-1-8-21(10-9-20)17(22)16-12-19-6-11-23-16;;/h2-5,16,19H,1,6-13H2;2*1H. The molecule has 2 fully saturated rings. The smallest absolute Gasteiger partial charge is 0.253 e. The second-order valence-electron chi connectivity index (χ2n) is 6.15. The van der Waals surface area contributed by atoms with E-state index in [1.165, 1.54) is 12.1 Å². The number of rotatable bonds is 3. The average molecular weight is 394 g/mol. The molecule has 2 heterocycles. The van der Waals surface area contributed by atoms with E-state index in [0.29, 0.717) is 13.2 Å². The molecule has 0 saturated carbocycles. The SMILES string of the molecule is Cl.Cl.O=C(C1CNCCO1)N1CCCN(Cc2ccc(F)cc2)CC1. The number of amides is 1. The molecule has 2 aliphatic rings. The quantitative estimate of drug-likeness (QED) is 0.848. The van der Waals surface area contributed by atoms with Crippen LogP contribution in [0.3, 0.4) is 0 Å². The molecule has 25 heavy (non-hydrogen) atoms. The summed E-state index contributed by atoms with van der Waals surface area (Å²) in [5, 5.41) is 3.20. The molecule has 3 rings (SSSR count). The first kappa shape index (κ1) is 22.1. The summed E-state index contributed by atoms with van der Waals surface area (Å²) in [5.41, 5.74) is 1.10. The number of carbonyl (C=O) groups excluding carboxylic acids is 1. The van der Waals surface area contributed by atoms with Crippen LogP contribution < -0.4 is 5.32 Å². The highest BCUT2D eigenvalue weighted by atomic mass is 35.5. The van der Waals surface area contributed by atoms with Gasteiger partial charge in [0.1, 0.15) is 11.9 Å². The van der Waals surface area contributed by atoms with Crippen LogP contribution in [0.25, 0.3) is 0 Å².